The van der Waals surface area contributed by atoms with E-state index in [0.29, 0.717) is 24.4 Å². The number of rotatable bonds is 8. The Balaban J connectivity index is 1.67. The van der Waals surface area contributed by atoms with Gasteiger partial charge in [0.05, 0.1) is 5.02 Å². The Hall–Kier alpha value is -2.45. The van der Waals surface area contributed by atoms with E-state index >= 15 is 0 Å². The number of hydrogen-bond acceptors (Lipinski definition) is 5. The van der Waals surface area contributed by atoms with E-state index in [4.69, 9.17) is 16.3 Å². The second-order valence-corrected chi connectivity index (χ2v) is 6.76. The van der Waals surface area contributed by atoms with Crippen molar-refractivity contribution in [1.29, 1.82) is 0 Å². The first-order valence-electron chi connectivity index (χ1n) is 7.62. The molecule has 0 unspecified atom stereocenters. The van der Waals surface area contributed by atoms with Crippen molar-refractivity contribution in [1.82, 2.24) is 15.0 Å². The van der Waals surface area contributed by atoms with Gasteiger partial charge in [0.2, 0.25) is 0 Å². The smallest absolute Gasteiger partial charge is 0.271 e. The summed E-state index contributed by atoms with van der Waals surface area (Å²) in [6.07, 6.45) is 0.357. The average molecular weight is 398 g/mol. The number of nitrogens with zero attached hydrogens (tertiary/aromatic N) is 1. The number of carbonyl (C=O) groups is 2. The number of aromatic nitrogens is 1. The monoisotopic (exact) mass is 397 g/mol. The molecule has 2 N–H and O–H groups in total. The second-order valence-electron chi connectivity index (χ2n) is 5.35. The standard InChI is InChI=1S/C17H17ClFN3O3S/c1-10(5-6-20-17(24)15-7-11(2)26-22-15)21-16(23)9-25-12-3-4-13(18)14(19)8-12/h3-4,7-8H,1,5-6,9H2,2H3,(H,20,24)(H,21,23). The van der Waals surface area contributed by atoms with E-state index < -0.39 is 11.7 Å². The molecule has 0 aliphatic carbocycles. The minimum absolute atomic E-state index is 0.0231. The molecular weight excluding hydrogens is 381 g/mol. The summed E-state index contributed by atoms with van der Waals surface area (Å²) in [5.41, 5.74) is 0.793. The van der Waals surface area contributed by atoms with E-state index in [9.17, 15) is 14.0 Å². The third kappa shape index (κ3) is 6.12. The highest BCUT2D eigenvalue weighted by Gasteiger charge is 2.10. The van der Waals surface area contributed by atoms with Gasteiger partial charge in [-0.15, -0.1) is 0 Å². The predicted molar refractivity (Wildman–Crippen MR) is 98.0 cm³/mol. The van der Waals surface area contributed by atoms with Gasteiger partial charge in [0.25, 0.3) is 11.8 Å². The van der Waals surface area contributed by atoms with Crippen molar-refractivity contribution >= 4 is 34.9 Å². The van der Waals surface area contributed by atoms with Gasteiger partial charge in [-0.05, 0) is 36.7 Å². The summed E-state index contributed by atoms with van der Waals surface area (Å²) in [6.45, 7) is 5.59. The van der Waals surface area contributed by atoms with Gasteiger partial charge in [0, 0.05) is 29.6 Å². The topological polar surface area (TPSA) is 80.3 Å². The van der Waals surface area contributed by atoms with E-state index in [1.165, 1.54) is 23.7 Å². The Bertz CT molecular complexity index is 825. The van der Waals surface area contributed by atoms with Crippen LogP contribution in [0.4, 0.5) is 4.39 Å². The molecule has 2 amide bonds. The normalized spacial score (nSPS) is 10.3. The zero-order valence-electron chi connectivity index (χ0n) is 14.0. The number of amides is 2. The summed E-state index contributed by atoms with van der Waals surface area (Å²) >= 11 is 6.82. The molecule has 6 nitrogen and oxygen atoms in total. The molecule has 138 valence electrons. The van der Waals surface area contributed by atoms with Crippen LogP contribution in [0.15, 0.2) is 36.5 Å². The van der Waals surface area contributed by atoms with Gasteiger partial charge in [-0.2, -0.15) is 4.37 Å². The largest absolute Gasteiger partial charge is 0.484 e. The first-order chi connectivity index (χ1) is 12.3. The molecule has 0 saturated heterocycles. The van der Waals surface area contributed by atoms with Gasteiger partial charge in [0.15, 0.2) is 6.61 Å². The Kier molecular flexibility index (Phi) is 7.11. The minimum atomic E-state index is -0.625. The van der Waals surface area contributed by atoms with Gasteiger partial charge >= 0.3 is 0 Å². The van der Waals surface area contributed by atoms with Crippen LogP contribution in [0.2, 0.25) is 5.02 Å². The molecule has 0 aliphatic heterocycles. The number of nitrogens with one attached hydrogen (secondary N) is 2. The lowest BCUT2D eigenvalue weighted by molar-refractivity contribution is -0.122. The summed E-state index contributed by atoms with van der Waals surface area (Å²) in [7, 11) is 0. The third-order valence-corrected chi connectivity index (χ3v) is 4.15. The van der Waals surface area contributed by atoms with Crippen LogP contribution >= 0.6 is 23.1 Å². The van der Waals surface area contributed by atoms with Crippen molar-refractivity contribution < 1.29 is 18.7 Å². The van der Waals surface area contributed by atoms with E-state index in [1.54, 1.807) is 6.07 Å². The Morgan fingerprint density at radius 2 is 2.15 bits per heavy atom. The molecule has 0 radical (unpaired) electrons. The first kappa shape index (κ1) is 19.9. The lowest BCUT2D eigenvalue weighted by Crippen LogP contribution is -2.31. The lowest BCUT2D eigenvalue weighted by Gasteiger charge is -2.10. The van der Waals surface area contributed by atoms with Crippen LogP contribution in [0.3, 0.4) is 0 Å². The van der Waals surface area contributed by atoms with Crippen molar-refractivity contribution in [3.8, 4) is 5.75 Å². The maximum Gasteiger partial charge on any atom is 0.271 e. The van der Waals surface area contributed by atoms with Crippen LogP contribution in [0.1, 0.15) is 21.8 Å². The molecule has 9 heteroatoms. The van der Waals surface area contributed by atoms with Crippen molar-refractivity contribution in [2.75, 3.05) is 13.2 Å². The van der Waals surface area contributed by atoms with Gasteiger partial charge < -0.3 is 15.4 Å². The highest BCUT2D eigenvalue weighted by atomic mass is 35.5. The average Bonchev–Trinajstić information content (AvgIpc) is 3.02. The van der Waals surface area contributed by atoms with Gasteiger partial charge in [-0.3, -0.25) is 9.59 Å². The molecule has 2 aromatic rings. The van der Waals surface area contributed by atoms with Crippen LogP contribution in [0.5, 0.6) is 5.75 Å². The van der Waals surface area contributed by atoms with Gasteiger partial charge in [-0.1, -0.05) is 18.2 Å². The molecule has 1 aromatic heterocycles. The maximum absolute atomic E-state index is 13.3. The van der Waals surface area contributed by atoms with Crippen LogP contribution in [0, 0.1) is 12.7 Å². The molecule has 2 rings (SSSR count). The molecule has 1 heterocycles. The molecule has 26 heavy (non-hydrogen) atoms. The van der Waals surface area contributed by atoms with Crippen LogP contribution < -0.4 is 15.4 Å². The van der Waals surface area contributed by atoms with Crippen molar-refractivity contribution in [3.63, 3.8) is 0 Å². The Morgan fingerprint density at radius 1 is 1.38 bits per heavy atom. The summed E-state index contributed by atoms with van der Waals surface area (Å²) in [5.74, 6) is -1.15. The summed E-state index contributed by atoms with van der Waals surface area (Å²) in [6, 6.07) is 5.60. The molecule has 0 aliphatic rings. The molecule has 0 saturated carbocycles. The zero-order valence-corrected chi connectivity index (χ0v) is 15.5. The minimum Gasteiger partial charge on any atom is -0.484 e. The van der Waals surface area contributed by atoms with Crippen molar-refractivity contribution in [3.05, 3.63) is 58.0 Å². The van der Waals surface area contributed by atoms with E-state index in [0.717, 1.165) is 10.9 Å². The second kappa shape index (κ2) is 9.30. The summed E-state index contributed by atoms with van der Waals surface area (Å²) < 4.78 is 22.5. The number of aryl methyl sites for hydroxylation is 1. The first-order valence-corrected chi connectivity index (χ1v) is 8.77. The molecule has 0 atom stereocenters. The number of halogens is 2. The molecular formula is C17H17ClFN3O3S. The Labute approximate surface area is 159 Å². The lowest BCUT2D eigenvalue weighted by atomic mass is 10.3. The zero-order chi connectivity index (χ0) is 19.1. The van der Waals surface area contributed by atoms with Crippen molar-refractivity contribution in [2.24, 2.45) is 0 Å². The maximum atomic E-state index is 13.3. The summed E-state index contributed by atoms with van der Waals surface area (Å²) in [4.78, 5) is 24.6. The summed E-state index contributed by atoms with van der Waals surface area (Å²) in [5, 5.41) is 5.22. The van der Waals surface area contributed by atoms with Gasteiger partial charge in [-0.25, -0.2) is 4.39 Å². The van der Waals surface area contributed by atoms with Gasteiger partial charge in [0.1, 0.15) is 17.3 Å². The van der Waals surface area contributed by atoms with E-state index in [1.807, 2.05) is 6.92 Å². The predicted octanol–water partition coefficient (Wildman–Crippen LogP) is 3.07. The number of carbonyl (C=O) groups excluding carboxylic acids is 2. The fourth-order valence-electron chi connectivity index (χ4n) is 1.90. The van der Waals surface area contributed by atoms with E-state index in [-0.39, 0.29) is 23.3 Å². The molecule has 0 bridgehead atoms. The highest BCUT2D eigenvalue weighted by molar-refractivity contribution is 7.05. The molecule has 0 spiro atoms. The fraction of sp³-hybridized carbons (Fsp3) is 0.235. The molecule has 0 fully saturated rings. The highest BCUT2D eigenvalue weighted by Crippen LogP contribution is 2.20. The van der Waals surface area contributed by atoms with Crippen molar-refractivity contribution in [2.45, 2.75) is 13.3 Å². The number of benzene rings is 1. The van der Waals surface area contributed by atoms with E-state index in [2.05, 4.69) is 21.6 Å². The quantitative estimate of drug-likeness (QED) is 0.717. The fourth-order valence-corrected chi connectivity index (χ4v) is 2.56. The van der Waals surface area contributed by atoms with Crippen LogP contribution in [0.25, 0.3) is 0 Å². The number of hydrogen-bond donors (Lipinski definition) is 2. The van der Waals surface area contributed by atoms with Crippen LogP contribution in [-0.4, -0.2) is 29.3 Å². The third-order valence-electron chi connectivity index (χ3n) is 3.15. The molecule has 1 aromatic carbocycles. The Morgan fingerprint density at radius 3 is 2.81 bits per heavy atom. The van der Waals surface area contributed by atoms with Crippen LogP contribution in [-0.2, 0) is 4.79 Å². The SMILES string of the molecule is C=C(CCNC(=O)c1cc(C)sn1)NC(=O)COc1ccc(Cl)c(F)c1. The number of ether oxygens (including phenoxy) is 1.